The van der Waals surface area contributed by atoms with Gasteiger partial charge < -0.3 is 133 Å². The van der Waals surface area contributed by atoms with Crippen LogP contribution in [0.1, 0.15) is 80.1 Å². The number of aliphatic hydroxyl groups excluding tert-OH is 10. The van der Waals surface area contributed by atoms with Crippen LogP contribution in [-0.4, -0.2) is 272 Å². The molecule has 16 unspecified atom stereocenters. The standard InChI is InChI=1S/C13H23NO7.C11H20O8.2C10H16O7.C3H9NO.CH2O.IO4.Na/c1-4-5-20-14-7-10(16)11-8(2)9(15)6-13(19-3,21-11)12(17)18;1-5-6(13)3-11(18-2,10(16)17)19-9(5)8(15)7(14)4-12;2*1-5-6(12)3-10(16-2,9(14)15)17-8(5)7(13)4-11;1-2-3-5-4;1-2;2-1(3,4)5;/h7-11,15-16H,4-6H2,1-3H3,(H,17,18);5-9,12-15H,3-4H2,1-2H3,(H,16,17);2*4-8,12-13H,3H2,1-2H3,(H,14,15);2-4H2,1H3;1H2;;/q;;;;;;-1;+1/b14-7+;;;;;;;/t8?,9?,10-,11?,13?;5?,6?,7-,8-,9?,11?;2*5?,6?,7-,8?,10?;;;;/m1111..../s1. The minimum Gasteiger partial charge on any atom is -0.477 e. The van der Waals surface area contributed by atoms with E-state index >= 15 is 0 Å². The minimum absolute atomic E-state index is 0. The molecule has 4 aliphatic heterocycles. The van der Waals surface area contributed by atoms with Crippen LogP contribution in [0.3, 0.4) is 0 Å². The predicted molar refractivity (Wildman–Crippen MR) is 270 cm³/mol. The van der Waals surface area contributed by atoms with Crippen molar-refractivity contribution in [3.05, 3.63) is 0 Å². The Bertz CT molecular complexity index is 1940. The maximum Gasteiger partial charge on any atom is 1.00 e. The van der Waals surface area contributed by atoms with Gasteiger partial charge in [0, 0.05) is 77.8 Å². The molecule has 4 fully saturated rings. The molecule has 39 heteroatoms. The van der Waals surface area contributed by atoms with E-state index in [9.17, 15) is 79.8 Å². The molecule has 0 saturated carbocycles. The molecule has 0 aromatic carbocycles. The fourth-order valence-corrected chi connectivity index (χ4v) is 8.10. The molecule has 4 aliphatic rings. The van der Waals surface area contributed by atoms with Crippen LogP contribution in [0.5, 0.6) is 0 Å². The monoisotopic (exact) mass is 1400 g/mol. The summed E-state index contributed by atoms with van der Waals surface area (Å²) in [5, 5.41) is 136. The fraction of sp³-hybridized carbons (Fsp3) is 0.833. The maximum absolute atomic E-state index is 11.3. The van der Waals surface area contributed by atoms with Gasteiger partial charge in [-0.2, -0.15) is 0 Å². The van der Waals surface area contributed by atoms with E-state index in [1.165, 1.54) is 7.11 Å². The van der Waals surface area contributed by atoms with Crippen LogP contribution in [0.15, 0.2) is 5.16 Å². The van der Waals surface area contributed by atoms with Gasteiger partial charge in [0.1, 0.15) is 64.0 Å². The summed E-state index contributed by atoms with van der Waals surface area (Å²) in [6, 6.07) is 0. The number of methoxy groups -OCH3 is 4. The molecule has 0 aromatic rings. The van der Waals surface area contributed by atoms with Gasteiger partial charge in [0.25, 0.3) is 23.1 Å². The van der Waals surface area contributed by atoms with Crippen LogP contribution < -0.4 is 69.3 Å². The molecule has 37 nitrogen and oxygen atoms in total. The summed E-state index contributed by atoms with van der Waals surface area (Å²) in [7, 11) is 4.55. The first-order valence-electron chi connectivity index (χ1n) is 25.7. The third-order valence-electron chi connectivity index (χ3n) is 13.5. The smallest absolute Gasteiger partial charge is 0.477 e. The number of carboxylic acids is 4. The van der Waals surface area contributed by atoms with Crippen LogP contribution in [0.4, 0.5) is 0 Å². The zero-order valence-corrected chi connectivity index (χ0v) is 54.0. The number of halogens is 1. The number of aliphatic carboxylic acids is 4. The average molecular weight is 1400 g/mol. The number of rotatable bonds is 22. The Labute approximate surface area is 528 Å². The zero-order chi connectivity index (χ0) is 67.9. The van der Waals surface area contributed by atoms with Gasteiger partial charge in [0.15, 0.2) is 12.6 Å². The van der Waals surface area contributed by atoms with E-state index < -0.39 is 177 Å². The Kier molecular flexibility index (Phi) is 45.6. The Morgan fingerprint density at radius 2 is 0.828 bits per heavy atom. The number of carbonyl (C=O) groups excluding carboxylic acids is 3. The number of carboxylic acid groups (broad SMARTS) is 4. The van der Waals surface area contributed by atoms with Crippen molar-refractivity contribution < 1.29 is 216 Å². The summed E-state index contributed by atoms with van der Waals surface area (Å²) in [5.41, 5.74) is 0. The molecule has 87 heavy (non-hydrogen) atoms. The third kappa shape index (κ3) is 28.3. The summed E-state index contributed by atoms with van der Waals surface area (Å²) < 4.78 is 74.7. The van der Waals surface area contributed by atoms with Crippen molar-refractivity contribution in [2.45, 2.75) is 183 Å². The van der Waals surface area contributed by atoms with E-state index in [0.717, 1.165) is 40.4 Å². The summed E-state index contributed by atoms with van der Waals surface area (Å²) >= 11 is -5.94. The van der Waals surface area contributed by atoms with Gasteiger partial charge in [-0.15, -0.1) is 0 Å². The average Bonchev–Trinajstić information content (AvgIpc) is 3.31. The molecule has 4 rings (SSSR count). The van der Waals surface area contributed by atoms with Gasteiger partial charge in [-0.25, -0.2) is 25.1 Å². The normalized spacial score (nSPS) is 33.6. The van der Waals surface area contributed by atoms with Crippen molar-refractivity contribution in [1.29, 1.82) is 0 Å². The SMILES string of the molecule is C=O.CCCO/N=C/[C@@H](O)C1OC(OC)(C(=O)O)CC(O)C1C.CCCON.COC1(C(=O)O)CC(O)C(C)C([C@H](O)C=O)O1.COC1(C(=O)O)CC(O)C(C)C([C@H](O)C=O)O1.COC1(C(=O)O)CC(O)C(C)C([C@H](O)[C@H](O)CO)O1.[Na+].[O-][I+3]([O-])([O-])[O-]. The Hall–Kier alpha value is -2.87. The van der Waals surface area contributed by atoms with E-state index in [0.29, 0.717) is 13.2 Å². The van der Waals surface area contributed by atoms with Gasteiger partial charge in [0.05, 0.1) is 68.3 Å². The maximum atomic E-state index is 11.3. The molecule has 0 amide bonds. The molecule has 506 valence electrons. The molecule has 4 heterocycles. The van der Waals surface area contributed by atoms with Crippen LogP contribution in [0.25, 0.3) is 0 Å². The van der Waals surface area contributed by atoms with E-state index in [-0.39, 0.29) is 67.8 Å². The molecule has 21 atom stereocenters. The molecule has 0 aromatic heterocycles. The molecular weight excluding hydrogens is 1310 g/mol. The number of hydrogen-bond donors (Lipinski definition) is 15. The molecule has 16 N–H and O–H groups in total. The molecule has 0 radical (unpaired) electrons. The van der Waals surface area contributed by atoms with Crippen molar-refractivity contribution in [2.24, 2.45) is 34.7 Å². The first kappa shape index (κ1) is 90.5. The van der Waals surface area contributed by atoms with Crippen LogP contribution >= 0.6 is 0 Å². The van der Waals surface area contributed by atoms with Crippen molar-refractivity contribution in [3.8, 4) is 0 Å². The number of nitrogens with two attached hydrogens (primary N) is 1. The Balaban J connectivity index is -0.000000495. The third-order valence-corrected chi connectivity index (χ3v) is 13.5. The first-order valence-corrected chi connectivity index (χ1v) is 29.2. The number of carbonyl (C=O) groups is 7. The van der Waals surface area contributed by atoms with Crippen molar-refractivity contribution in [3.63, 3.8) is 0 Å². The number of oxime groups is 1. The van der Waals surface area contributed by atoms with E-state index in [1.54, 1.807) is 27.7 Å². The number of aldehydes is 2. The van der Waals surface area contributed by atoms with E-state index in [2.05, 4.69) is 15.9 Å². The molecule has 0 aliphatic carbocycles. The second-order valence-electron chi connectivity index (χ2n) is 19.2. The second-order valence-corrected chi connectivity index (χ2v) is 21.4. The largest absolute Gasteiger partial charge is 1.00 e. The quantitative estimate of drug-likeness (QED) is 0.0120. The predicted octanol–water partition coefficient (Wildman–Crippen LogP) is -15.2. The van der Waals surface area contributed by atoms with Gasteiger partial charge >= 0.3 is 53.4 Å². The van der Waals surface area contributed by atoms with Gasteiger partial charge in [-0.1, -0.05) is 46.7 Å². The Morgan fingerprint density at radius 3 is 1.03 bits per heavy atom. The summed E-state index contributed by atoms with van der Waals surface area (Å²) in [6.07, 6.45) is -13.5. The Morgan fingerprint density at radius 1 is 0.575 bits per heavy atom. The molecule has 0 spiro atoms. The summed E-state index contributed by atoms with van der Waals surface area (Å²) in [4.78, 5) is 82.8. The summed E-state index contributed by atoms with van der Waals surface area (Å²) in [5.74, 6) is -11.3. The number of nitrogens with zero attached hydrogens (tertiary/aromatic N) is 1. The zero-order valence-electron chi connectivity index (χ0n) is 49.9. The second kappa shape index (κ2) is 43.8. The fourth-order valence-electron chi connectivity index (χ4n) is 8.10. The minimum atomic E-state index is -5.94. The first-order chi connectivity index (χ1) is 39.8. The van der Waals surface area contributed by atoms with Gasteiger partial charge in [0.2, 0.25) is 0 Å². The van der Waals surface area contributed by atoms with Crippen molar-refractivity contribution in [2.75, 3.05) is 48.3 Å². The topological polar surface area (TPSA) is 626 Å². The van der Waals surface area contributed by atoms with Crippen molar-refractivity contribution in [1.82, 2.24) is 0 Å². The van der Waals surface area contributed by atoms with Crippen LogP contribution in [0.2, 0.25) is 0 Å². The molecular formula is C48H86IN2NaO35. The number of hydrogen-bond acceptors (Lipinski definition) is 33. The van der Waals surface area contributed by atoms with Gasteiger partial charge in [-0.05, 0) is 12.8 Å². The van der Waals surface area contributed by atoms with Gasteiger partial charge in [-0.3, -0.25) is 13.7 Å². The van der Waals surface area contributed by atoms with E-state index in [4.69, 9.17) is 81.7 Å². The molecule has 0 bridgehead atoms. The summed E-state index contributed by atoms with van der Waals surface area (Å²) in [6.45, 7) is 12.6. The van der Waals surface area contributed by atoms with E-state index in [1.807, 2.05) is 20.6 Å². The van der Waals surface area contributed by atoms with Crippen molar-refractivity contribution >= 4 is 49.5 Å². The van der Waals surface area contributed by atoms with Crippen LogP contribution in [0, 0.1) is 23.7 Å². The number of ether oxygens (including phenoxy) is 8. The molecule has 4 saturated heterocycles. The van der Waals surface area contributed by atoms with Crippen LogP contribution in [-0.2, 0) is 81.1 Å². The number of aliphatic hydroxyl groups is 10.